The molecule has 1 fully saturated rings. The molecule has 1 rings (SSSR count). The first-order valence-electron chi connectivity index (χ1n) is 6.01. The second kappa shape index (κ2) is 5.13. The summed E-state index contributed by atoms with van der Waals surface area (Å²) in [6.07, 6.45) is 7.53. The molecule has 0 radical (unpaired) electrons. The third kappa shape index (κ3) is 2.96. The third-order valence-corrected chi connectivity index (χ3v) is 3.80. The van der Waals surface area contributed by atoms with E-state index in [1.54, 1.807) is 0 Å². The maximum absolute atomic E-state index is 10.3. The lowest BCUT2D eigenvalue weighted by atomic mass is 9.76. The summed E-state index contributed by atoms with van der Waals surface area (Å²) in [7, 11) is 0. The average Bonchev–Trinajstić information content (AvgIpc) is 2.19. The Bertz CT molecular complexity index is 164. The molecule has 0 heterocycles. The zero-order valence-corrected chi connectivity index (χ0v) is 9.63. The van der Waals surface area contributed by atoms with Crippen molar-refractivity contribution in [2.75, 3.05) is 6.54 Å². The quantitative estimate of drug-likeness (QED) is 0.730. The molecule has 1 aliphatic rings. The van der Waals surface area contributed by atoms with E-state index in [1.165, 1.54) is 32.1 Å². The molecule has 0 aromatic rings. The Morgan fingerprint density at radius 1 is 1.29 bits per heavy atom. The minimum atomic E-state index is -0.623. The van der Waals surface area contributed by atoms with Crippen LogP contribution < -0.4 is 5.73 Å². The number of rotatable bonds is 4. The van der Waals surface area contributed by atoms with Gasteiger partial charge in [-0.15, -0.1) is 0 Å². The Labute approximate surface area is 87.9 Å². The van der Waals surface area contributed by atoms with E-state index in [2.05, 4.69) is 13.8 Å². The maximum Gasteiger partial charge on any atom is 0.0794 e. The molecule has 2 nitrogen and oxygen atoms in total. The van der Waals surface area contributed by atoms with Crippen LogP contribution in [0.1, 0.15) is 52.4 Å². The van der Waals surface area contributed by atoms with E-state index in [-0.39, 0.29) is 5.92 Å². The van der Waals surface area contributed by atoms with Gasteiger partial charge in [0.1, 0.15) is 0 Å². The Morgan fingerprint density at radius 2 is 1.86 bits per heavy atom. The van der Waals surface area contributed by atoms with Gasteiger partial charge in [-0.3, -0.25) is 0 Å². The van der Waals surface area contributed by atoms with Crippen molar-refractivity contribution in [2.24, 2.45) is 17.6 Å². The number of hydrogen-bond acceptors (Lipinski definition) is 2. The molecule has 1 atom stereocenters. The molecule has 0 aromatic heterocycles. The van der Waals surface area contributed by atoms with Gasteiger partial charge in [-0.2, -0.15) is 0 Å². The zero-order chi connectivity index (χ0) is 10.6. The lowest BCUT2D eigenvalue weighted by Crippen LogP contribution is -2.44. The molecule has 14 heavy (non-hydrogen) atoms. The monoisotopic (exact) mass is 199 g/mol. The van der Waals surface area contributed by atoms with E-state index in [9.17, 15) is 5.11 Å². The molecule has 1 unspecified atom stereocenters. The molecule has 0 aliphatic heterocycles. The van der Waals surface area contributed by atoms with Gasteiger partial charge in [0, 0.05) is 6.54 Å². The van der Waals surface area contributed by atoms with Gasteiger partial charge in [0.25, 0.3) is 0 Å². The van der Waals surface area contributed by atoms with Crippen LogP contribution in [0.3, 0.4) is 0 Å². The van der Waals surface area contributed by atoms with Crippen LogP contribution >= 0.6 is 0 Å². The van der Waals surface area contributed by atoms with Crippen LogP contribution in [0.15, 0.2) is 0 Å². The van der Waals surface area contributed by atoms with E-state index >= 15 is 0 Å². The van der Waals surface area contributed by atoms with Crippen LogP contribution in [-0.2, 0) is 0 Å². The highest BCUT2D eigenvalue weighted by Gasteiger charge is 2.32. The largest absolute Gasteiger partial charge is 0.388 e. The van der Waals surface area contributed by atoms with Crippen LogP contribution in [0.4, 0.5) is 0 Å². The SMILES string of the molecule is CC(C)C(O)(CN)CC1CCCCC1. The van der Waals surface area contributed by atoms with Crippen molar-refractivity contribution >= 4 is 0 Å². The van der Waals surface area contributed by atoms with Crippen LogP contribution in [-0.4, -0.2) is 17.3 Å². The molecule has 3 N–H and O–H groups in total. The summed E-state index contributed by atoms with van der Waals surface area (Å²) in [5.74, 6) is 0.981. The normalized spacial score (nSPS) is 23.8. The fourth-order valence-corrected chi connectivity index (χ4v) is 2.45. The second-order valence-electron chi connectivity index (χ2n) is 5.17. The van der Waals surface area contributed by atoms with Crippen molar-refractivity contribution in [1.29, 1.82) is 0 Å². The highest BCUT2D eigenvalue weighted by atomic mass is 16.3. The van der Waals surface area contributed by atoms with Crippen molar-refractivity contribution < 1.29 is 5.11 Å². The van der Waals surface area contributed by atoms with Gasteiger partial charge in [0.15, 0.2) is 0 Å². The topological polar surface area (TPSA) is 46.2 Å². The summed E-state index contributed by atoms with van der Waals surface area (Å²) < 4.78 is 0. The van der Waals surface area contributed by atoms with Crippen molar-refractivity contribution in [3.05, 3.63) is 0 Å². The molecular formula is C12H25NO. The van der Waals surface area contributed by atoms with Gasteiger partial charge < -0.3 is 10.8 Å². The van der Waals surface area contributed by atoms with Gasteiger partial charge in [-0.1, -0.05) is 46.0 Å². The van der Waals surface area contributed by atoms with E-state index in [1.807, 2.05) is 0 Å². The molecule has 0 amide bonds. The second-order valence-corrected chi connectivity index (χ2v) is 5.17. The van der Waals surface area contributed by atoms with Crippen molar-refractivity contribution in [3.63, 3.8) is 0 Å². The molecule has 1 saturated carbocycles. The Kier molecular flexibility index (Phi) is 4.39. The van der Waals surface area contributed by atoms with Crippen molar-refractivity contribution in [2.45, 2.75) is 58.0 Å². The molecule has 0 bridgehead atoms. The summed E-state index contributed by atoms with van der Waals surface area (Å²) in [4.78, 5) is 0. The van der Waals surface area contributed by atoms with E-state index in [0.29, 0.717) is 12.5 Å². The third-order valence-electron chi connectivity index (χ3n) is 3.80. The maximum atomic E-state index is 10.3. The average molecular weight is 199 g/mol. The summed E-state index contributed by atoms with van der Waals surface area (Å²) in [6, 6.07) is 0. The molecule has 0 spiro atoms. The number of aliphatic hydroxyl groups is 1. The lowest BCUT2D eigenvalue weighted by Gasteiger charge is -2.35. The Hall–Kier alpha value is -0.0800. The standard InChI is InChI=1S/C12H25NO/c1-10(2)12(14,9-13)8-11-6-4-3-5-7-11/h10-11,14H,3-9,13H2,1-2H3. The van der Waals surface area contributed by atoms with Crippen molar-refractivity contribution in [1.82, 2.24) is 0 Å². The highest BCUT2D eigenvalue weighted by molar-refractivity contribution is 4.86. The predicted molar refractivity (Wildman–Crippen MR) is 60.0 cm³/mol. The molecule has 0 aromatic carbocycles. The lowest BCUT2D eigenvalue weighted by molar-refractivity contribution is -0.0226. The number of nitrogens with two attached hydrogens (primary N) is 1. The minimum absolute atomic E-state index is 0.273. The van der Waals surface area contributed by atoms with Gasteiger partial charge >= 0.3 is 0 Å². The van der Waals surface area contributed by atoms with Gasteiger partial charge in [0.2, 0.25) is 0 Å². The highest BCUT2D eigenvalue weighted by Crippen LogP contribution is 2.33. The van der Waals surface area contributed by atoms with Crippen LogP contribution in [0.25, 0.3) is 0 Å². The summed E-state index contributed by atoms with van der Waals surface area (Å²) in [6.45, 7) is 4.53. The molecule has 1 aliphatic carbocycles. The van der Waals surface area contributed by atoms with E-state index in [4.69, 9.17) is 5.73 Å². The molecule has 0 saturated heterocycles. The first-order chi connectivity index (χ1) is 6.58. The Balaban J connectivity index is 2.46. The fourth-order valence-electron chi connectivity index (χ4n) is 2.45. The van der Waals surface area contributed by atoms with E-state index < -0.39 is 5.60 Å². The van der Waals surface area contributed by atoms with Gasteiger partial charge in [-0.25, -0.2) is 0 Å². The fraction of sp³-hybridized carbons (Fsp3) is 1.00. The Morgan fingerprint density at radius 3 is 2.29 bits per heavy atom. The van der Waals surface area contributed by atoms with Crippen LogP contribution in [0, 0.1) is 11.8 Å². The van der Waals surface area contributed by atoms with E-state index in [0.717, 1.165) is 6.42 Å². The summed E-state index contributed by atoms with van der Waals surface area (Å²) >= 11 is 0. The van der Waals surface area contributed by atoms with Gasteiger partial charge in [-0.05, 0) is 18.3 Å². The van der Waals surface area contributed by atoms with Gasteiger partial charge in [0.05, 0.1) is 5.60 Å². The first-order valence-corrected chi connectivity index (χ1v) is 6.01. The molecule has 2 heteroatoms. The van der Waals surface area contributed by atoms with Crippen molar-refractivity contribution in [3.8, 4) is 0 Å². The summed E-state index contributed by atoms with van der Waals surface area (Å²) in [5, 5.41) is 10.3. The zero-order valence-electron chi connectivity index (χ0n) is 9.63. The molecule has 84 valence electrons. The van der Waals surface area contributed by atoms with Crippen LogP contribution in [0.5, 0.6) is 0 Å². The molecular weight excluding hydrogens is 174 g/mol. The summed E-state index contributed by atoms with van der Waals surface area (Å²) in [5.41, 5.74) is 5.05. The minimum Gasteiger partial charge on any atom is -0.388 e. The van der Waals surface area contributed by atoms with Crippen LogP contribution in [0.2, 0.25) is 0 Å². The number of hydrogen-bond donors (Lipinski definition) is 2. The predicted octanol–water partition coefficient (Wildman–Crippen LogP) is 2.30. The smallest absolute Gasteiger partial charge is 0.0794 e. The first kappa shape index (κ1) is 12.0.